The van der Waals surface area contributed by atoms with Gasteiger partial charge in [-0.1, -0.05) is 25.0 Å². The summed E-state index contributed by atoms with van der Waals surface area (Å²) in [6, 6.07) is 12.5. The molecule has 0 fully saturated rings. The molecular weight excluding hydrogens is 366 g/mol. The van der Waals surface area contributed by atoms with Crippen LogP contribution in [0.25, 0.3) is 0 Å². The molecule has 0 bridgehead atoms. The number of ether oxygens (including phenoxy) is 2. The average Bonchev–Trinajstić information content (AvgIpc) is 2.60. The Morgan fingerprint density at radius 2 is 1.83 bits per heavy atom. The Hall–Kier alpha value is -2.12. The first-order valence-electron chi connectivity index (χ1n) is 8.02. The van der Waals surface area contributed by atoms with Crippen molar-refractivity contribution in [1.29, 1.82) is 0 Å². The predicted molar refractivity (Wildman–Crippen MR) is 103 cm³/mol. The van der Waals surface area contributed by atoms with E-state index in [1.165, 1.54) is 5.56 Å². The van der Waals surface area contributed by atoms with Crippen LogP contribution in [-0.4, -0.2) is 13.2 Å². The second-order valence-corrected chi connectivity index (χ2v) is 6.09. The van der Waals surface area contributed by atoms with E-state index in [0.29, 0.717) is 24.7 Å². The van der Waals surface area contributed by atoms with Crippen LogP contribution in [0.15, 0.2) is 40.9 Å². The molecule has 0 aliphatic rings. The molecule has 1 N–H and O–H groups in total. The Bertz CT molecular complexity index is 705. The molecule has 0 heterocycles. The Labute approximate surface area is 152 Å². The second-order valence-electron chi connectivity index (χ2n) is 5.23. The number of benzene rings is 2. The number of anilines is 1. The van der Waals surface area contributed by atoms with E-state index in [1.807, 2.05) is 19.1 Å². The molecule has 0 saturated heterocycles. The van der Waals surface area contributed by atoms with Crippen LogP contribution in [0.4, 0.5) is 5.69 Å². The number of terminal acetylenes is 1. The topological polar surface area (TPSA) is 30.5 Å². The van der Waals surface area contributed by atoms with Crippen LogP contribution in [0.2, 0.25) is 0 Å². The third-order valence-corrected chi connectivity index (χ3v) is 4.12. The van der Waals surface area contributed by atoms with E-state index in [1.54, 1.807) is 0 Å². The van der Waals surface area contributed by atoms with Gasteiger partial charge in [-0.25, -0.2) is 0 Å². The van der Waals surface area contributed by atoms with Crippen molar-refractivity contribution in [3.8, 4) is 23.8 Å². The molecule has 0 spiro atoms. The Morgan fingerprint density at radius 1 is 1.08 bits per heavy atom. The van der Waals surface area contributed by atoms with Gasteiger partial charge >= 0.3 is 0 Å². The lowest BCUT2D eigenvalue weighted by molar-refractivity contribution is 0.297. The Kier molecular flexibility index (Phi) is 7.02. The third-order valence-electron chi connectivity index (χ3n) is 3.53. The van der Waals surface area contributed by atoms with E-state index in [4.69, 9.17) is 15.9 Å². The fraction of sp³-hybridized carbons (Fsp3) is 0.300. The standard InChI is InChI=1S/C20H22BrNO2/c1-4-11-24-20-18(21)12-16(13-19(20)23-6-3)14-22-17-9-7-15(5-2)8-10-17/h1,7-10,12-13,22H,5-6,11,14H2,2-3H3. The maximum Gasteiger partial charge on any atom is 0.176 e. The minimum Gasteiger partial charge on any atom is -0.490 e. The minimum absolute atomic E-state index is 0.208. The van der Waals surface area contributed by atoms with Gasteiger partial charge in [0.25, 0.3) is 0 Å². The average molecular weight is 388 g/mol. The fourth-order valence-corrected chi connectivity index (χ4v) is 2.91. The summed E-state index contributed by atoms with van der Waals surface area (Å²) in [5, 5.41) is 3.42. The molecule has 2 rings (SSSR count). The molecule has 2 aromatic rings. The van der Waals surface area contributed by atoms with Gasteiger partial charge in [0.1, 0.15) is 6.61 Å². The van der Waals surface area contributed by atoms with Crippen LogP contribution < -0.4 is 14.8 Å². The zero-order valence-corrected chi connectivity index (χ0v) is 15.7. The van der Waals surface area contributed by atoms with Gasteiger partial charge in [0.05, 0.1) is 11.1 Å². The lowest BCUT2D eigenvalue weighted by Crippen LogP contribution is -2.04. The highest BCUT2D eigenvalue weighted by Crippen LogP contribution is 2.37. The third kappa shape index (κ3) is 4.94. The summed E-state index contributed by atoms with van der Waals surface area (Å²) in [5.74, 6) is 3.81. The highest BCUT2D eigenvalue weighted by molar-refractivity contribution is 9.10. The van der Waals surface area contributed by atoms with Crippen molar-refractivity contribution >= 4 is 21.6 Å². The van der Waals surface area contributed by atoms with Crippen LogP contribution in [-0.2, 0) is 13.0 Å². The zero-order valence-electron chi connectivity index (χ0n) is 14.1. The molecule has 126 valence electrons. The van der Waals surface area contributed by atoms with Crippen molar-refractivity contribution in [2.24, 2.45) is 0 Å². The molecule has 0 amide bonds. The number of halogens is 1. The van der Waals surface area contributed by atoms with E-state index < -0.39 is 0 Å². The van der Waals surface area contributed by atoms with Crippen LogP contribution >= 0.6 is 15.9 Å². The van der Waals surface area contributed by atoms with Crippen molar-refractivity contribution in [3.63, 3.8) is 0 Å². The van der Waals surface area contributed by atoms with Gasteiger partial charge in [0, 0.05) is 12.2 Å². The Balaban J connectivity index is 2.13. The summed E-state index contributed by atoms with van der Waals surface area (Å²) >= 11 is 3.54. The van der Waals surface area contributed by atoms with Crippen molar-refractivity contribution in [2.45, 2.75) is 26.8 Å². The zero-order chi connectivity index (χ0) is 17.4. The van der Waals surface area contributed by atoms with Crippen molar-refractivity contribution in [2.75, 3.05) is 18.5 Å². The summed E-state index contributed by atoms with van der Waals surface area (Å²) in [7, 11) is 0. The second kappa shape index (κ2) is 9.24. The molecule has 0 atom stereocenters. The summed E-state index contributed by atoms with van der Waals surface area (Å²) in [6.45, 7) is 5.56. The maximum absolute atomic E-state index is 5.69. The summed E-state index contributed by atoms with van der Waals surface area (Å²) in [4.78, 5) is 0. The van der Waals surface area contributed by atoms with Crippen LogP contribution in [0.5, 0.6) is 11.5 Å². The summed E-state index contributed by atoms with van der Waals surface area (Å²) < 4.78 is 12.1. The maximum atomic E-state index is 5.69. The monoisotopic (exact) mass is 387 g/mol. The summed E-state index contributed by atoms with van der Waals surface area (Å²) in [5.41, 5.74) is 3.52. The lowest BCUT2D eigenvalue weighted by atomic mass is 10.1. The van der Waals surface area contributed by atoms with Crippen LogP contribution in [0.3, 0.4) is 0 Å². The van der Waals surface area contributed by atoms with Gasteiger partial charge in [0.2, 0.25) is 0 Å². The van der Waals surface area contributed by atoms with Gasteiger partial charge in [0.15, 0.2) is 11.5 Å². The van der Waals surface area contributed by atoms with Gasteiger partial charge in [-0.2, -0.15) is 0 Å². The molecule has 24 heavy (non-hydrogen) atoms. The molecule has 0 unspecified atom stereocenters. The highest BCUT2D eigenvalue weighted by atomic mass is 79.9. The lowest BCUT2D eigenvalue weighted by Gasteiger charge is -2.15. The van der Waals surface area contributed by atoms with Crippen molar-refractivity contribution in [1.82, 2.24) is 0 Å². The fourth-order valence-electron chi connectivity index (χ4n) is 2.30. The first kappa shape index (κ1) is 18.2. The Morgan fingerprint density at radius 3 is 2.46 bits per heavy atom. The van der Waals surface area contributed by atoms with Gasteiger partial charge in [-0.15, -0.1) is 6.42 Å². The SMILES string of the molecule is C#CCOc1c(Br)cc(CNc2ccc(CC)cc2)cc1OCC. The largest absolute Gasteiger partial charge is 0.490 e. The molecular formula is C20H22BrNO2. The number of aryl methyl sites for hydroxylation is 1. The van der Waals surface area contributed by atoms with Crippen LogP contribution in [0.1, 0.15) is 25.0 Å². The van der Waals surface area contributed by atoms with Crippen molar-refractivity contribution in [3.05, 3.63) is 52.0 Å². The molecule has 0 saturated carbocycles. The van der Waals surface area contributed by atoms with Gasteiger partial charge in [-0.05, 0) is 64.7 Å². The van der Waals surface area contributed by atoms with Gasteiger partial charge < -0.3 is 14.8 Å². The number of rotatable bonds is 8. The van der Waals surface area contributed by atoms with E-state index >= 15 is 0 Å². The molecule has 0 aliphatic carbocycles. The van der Waals surface area contributed by atoms with Crippen LogP contribution in [0, 0.1) is 12.3 Å². The first-order valence-corrected chi connectivity index (χ1v) is 8.81. The predicted octanol–water partition coefficient (Wildman–Crippen LogP) is 5.03. The number of hydrogen-bond acceptors (Lipinski definition) is 3. The molecule has 0 aromatic heterocycles. The molecule has 3 nitrogen and oxygen atoms in total. The normalized spacial score (nSPS) is 10.1. The molecule has 0 radical (unpaired) electrons. The van der Waals surface area contributed by atoms with E-state index in [0.717, 1.165) is 22.1 Å². The van der Waals surface area contributed by atoms with Gasteiger partial charge in [-0.3, -0.25) is 0 Å². The summed E-state index contributed by atoms with van der Waals surface area (Å²) in [6.07, 6.45) is 6.32. The van der Waals surface area contributed by atoms with E-state index in [2.05, 4.69) is 58.4 Å². The van der Waals surface area contributed by atoms with E-state index in [9.17, 15) is 0 Å². The number of hydrogen-bond donors (Lipinski definition) is 1. The highest BCUT2D eigenvalue weighted by Gasteiger charge is 2.12. The van der Waals surface area contributed by atoms with E-state index in [-0.39, 0.29) is 6.61 Å². The number of nitrogens with one attached hydrogen (secondary N) is 1. The minimum atomic E-state index is 0.208. The first-order chi connectivity index (χ1) is 11.7. The molecule has 2 aromatic carbocycles. The quantitative estimate of drug-likeness (QED) is 0.643. The van der Waals surface area contributed by atoms with Crippen molar-refractivity contribution < 1.29 is 9.47 Å². The molecule has 0 aliphatic heterocycles. The molecule has 4 heteroatoms. The smallest absolute Gasteiger partial charge is 0.176 e.